The molecule has 0 unspecified atom stereocenters. The van der Waals surface area contributed by atoms with Crippen molar-refractivity contribution in [2.75, 3.05) is 31.1 Å². The van der Waals surface area contributed by atoms with E-state index in [1.807, 2.05) is 52.3 Å². The van der Waals surface area contributed by atoms with Crippen LogP contribution in [0.1, 0.15) is 12.0 Å². The smallest absolute Gasteiger partial charge is 0.294 e. The van der Waals surface area contributed by atoms with Crippen molar-refractivity contribution in [2.45, 2.75) is 12.8 Å². The van der Waals surface area contributed by atoms with Crippen LogP contribution in [0.3, 0.4) is 0 Å². The molecule has 144 valence electrons. The van der Waals surface area contributed by atoms with Gasteiger partial charge in [0.2, 0.25) is 5.91 Å². The number of rotatable bonds is 4. The molecule has 0 N–H and O–H groups in total. The Morgan fingerprint density at radius 2 is 1.79 bits per heavy atom. The number of hydrogen-bond acceptors (Lipinski definition) is 5. The summed E-state index contributed by atoms with van der Waals surface area (Å²) in [6, 6.07) is 13.7. The average Bonchev–Trinajstić information content (AvgIpc) is 2.75. The van der Waals surface area contributed by atoms with Crippen LogP contribution in [0, 0.1) is 0 Å². The lowest BCUT2D eigenvalue weighted by molar-refractivity contribution is -0.131. The number of fused-ring (bicyclic) bond motifs is 1. The first-order chi connectivity index (χ1) is 13.6. The number of carbonyl (C=O) groups excluding carboxylic acids is 1. The minimum Gasteiger partial charge on any atom is -0.348 e. The van der Waals surface area contributed by atoms with E-state index in [1.54, 1.807) is 13.2 Å². The van der Waals surface area contributed by atoms with Crippen LogP contribution in [-0.4, -0.2) is 51.5 Å². The minimum atomic E-state index is -0.157. The summed E-state index contributed by atoms with van der Waals surface area (Å²) in [5.41, 5.74) is 2.29. The number of hydrogen-bond donors (Lipinski definition) is 0. The quantitative estimate of drug-likeness (QED) is 0.691. The van der Waals surface area contributed by atoms with Gasteiger partial charge in [0.25, 0.3) is 5.56 Å². The zero-order chi connectivity index (χ0) is 19.5. The summed E-state index contributed by atoms with van der Waals surface area (Å²) in [6.45, 7) is 2.41. The molecule has 1 fully saturated rings. The second-order valence-electron chi connectivity index (χ2n) is 7.00. The Bertz CT molecular complexity index is 1040. The van der Waals surface area contributed by atoms with Gasteiger partial charge in [-0.15, -0.1) is 0 Å². The van der Waals surface area contributed by atoms with Crippen molar-refractivity contribution in [1.29, 1.82) is 0 Å². The summed E-state index contributed by atoms with van der Waals surface area (Å²) in [4.78, 5) is 37.8. The molecule has 1 aliphatic heterocycles. The molecule has 1 saturated heterocycles. The molecule has 1 amide bonds. The van der Waals surface area contributed by atoms with Gasteiger partial charge < -0.3 is 9.80 Å². The topological polar surface area (TPSA) is 71.3 Å². The Morgan fingerprint density at radius 1 is 1.04 bits per heavy atom. The standard InChI is InChI=1S/C21H23N5O2/c1-24-19-17(8-5-11-22-19)23-20(21(24)28)26-14-12-25(13-15-26)18(27)10-9-16-6-3-2-4-7-16/h2-8,11H,9-10,12-15H2,1H3. The molecule has 1 aliphatic rings. The van der Waals surface area contributed by atoms with E-state index in [0.29, 0.717) is 49.6 Å². The number of benzene rings is 1. The molecule has 0 radical (unpaired) electrons. The van der Waals surface area contributed by atoms with Gasteiger partial charge in [0.05, 0.1) is 0 Å². The summed E-state index contributed by atoms with van der Waals surface area (Å²) in [5.74, 6) is 0.589. The maximum atomic E-state index is 12.7. The number of aryl methyl sites for hydroxylation is 2. The van der Waals surface area contributed by atoms with Crippen LogP contribution >= 0.6 is 0 Å². The van der Waals surface area contributed by atoms with Crippen LogP contribution in [0.25, 0.3) is 11.2 Å². The predicted molar refractivity (Wildman–Crippen MR) is 108 cm³/mol. The molecule has 1 aromatic carbocycles. The van der Waals surface area contributed by atoms with Crippen LogP contribution in [0.4, 0.5) is 5.82 Å². The second-order valence-corrected chi connectivity index (χ2v) is 7.00. The third-order valence-corrected chi connectivity index (χ3v) is 5.21. The van der Waals surface area contributed by atoms with Gasteiger partial charge in [-0.2, -0.15) is 0 Å². The van der Waals surface area contributed by atoms with Gasteiger partial charge in [-0.1, -0.05) is 30.3 Å². The van der Waals surface area contributed by atoms with Gasteiger partial charge in [-0.05, 0) is 24.1 Å². The zero-order valence-corrected chi connectivity index (χ0v) is 15.9. The Balaban J connectivity index is 1.41. The lowest BCUT2D eigenvalue weighted by Gasteiger charge is -2.35. The Kier molecular flexibility index (Phi) is 5.06. The van der Waals surface area contributed by atoms with Crippen LogP contribution in [0.2, 0.25) is 0 Å². The Hall–Kier alpha value is -3.22. The molecular formula is C21H23N5O2. The van der Waals surface area contributed by atoms with Gasteiger partial charge in [-0.3, -0.25) is 14.2 Å². The van der Waals surface area contributed by atoms with Gasteiger partial charge in [0.1, 0.15) is 5.52 Å². The average molecular weight is 377 g/mol. The Morgan fingerprint density at radius 3 is 2.54 bits per heavy atom. The summed E-state index contributed by atoms with van der Waals surface area (Å²) in [7, 11) is 1.71. The molecule has 4 rings (SSSR count). The van der Waals surface area contributed by atoms with Crippen molar-refractivity contribution in [3.8, 4) is 0 Å². The summed E-state index contributed by atoms with van der Waals surface area (Å²) < 4.78 is 1.54. The molecule has 2 aromatic heterocycles. The maximum Gasteiger partial charge on any atom is 0.294 e. The first-order valence-corrected chi connectivity index (χ1v) is 9.52. The molecule has 7 nitrogen and oxygen atoms in total. The predicted octanol–water partition coefficient (Wildman–Crippen LogP) is 1.61. The lowest BCUT2D eigenvalue weighted by Crippen LogP contribution is -2.50. The van der Waals surface area contributed by atoms with Crippen molar-refractivity contribution in [3.05, 3.63) is 64.6 Å². The highest BCUT2D eigenvalue weighted by Crippen LogP contribution is 2.14. The van der Waals surface area contributed by atoms with Crippen LogP contribution in [0.5, 0.6) is 0 Å². The fourth-order valence-electron chi connectivity index (χ4n) is 3.57. The van der Waals surface area contributed by atoms with E-state index >= 15 is 0 Å². The number of piperazine rings is 1. The third-order valence-electron chi connectivity index (χ3n) is 5.21. The third kappa shape index (κ3) is 3.60. The molecule has 0 aliphatic carbocycles. The summed E-state index contributed by atoms with van der Waals surface area (Å²) in [5, 5.41) is 0. The van der Waals surface area contributed by atoms with Gasteiger partial charge in [0.15, 0.2) is 11.5 Å². The fourth-order valence-corrected chi connectivity index (χ4v) is 3.57. The van der Waals surface area contributed by atoms with E-state index in [1.165, 1.54) is 10.1 Å². The summed E-state index contributed by atoms with van der Waals surface area (Å²) in [6.07, 6.45) is 2.91. The number of nitrogens with zero attached hydrogens (tertiary/aromatic N) is 5. The molecule has 0 bridgehead atoms. The minimum absolute atomic E-state index is 0.157. The molecule has 7 heteroatoms. The lowest BCUT2D eigenvalue weighted by atomic mass is 10.1. The first-order valence-electron chi connectivity index (χ1n) is 9.52. The van der Waals surface area contributed by atoms with E-state index in [4.69, 9.17) is 0 Å². The van der Waals surface area contributed by atoms with E-state index in [-0.39, 0.29) is 11.5 Å². The SMILES string of the molecule is Cn1c(=O)c(N2CCN(C(=O)CCc3ccccc3)CC2)nc2cccnc21. The van der Waals surface area contributed by atoms with E-state index in [0.717, 1.165) is 6.42 Å². The van der Waals surface area contributed by atoms with Crippen LogP contribution < -0.4 is 10.5 Å². The molecule has 0 atom stereocenters. The first kappa shape index (κ1) is 18.2. The fraction of sp³-hybridized carbons (Fsp3) is 0.333. The number of anilines is 1. The zero-order valence-electron chi connectivity index (χ0n) is 15.9. The number of carbonyl (C=O) groups is 1. The van der Waals surface area contributed by atoms with Crippen LogP contribution in [-0.2, 0) is 18.3 Å². The normalized spacial score (nSPS) is 14.5. The maximum absolute atomic E-state index is 12.7. The molecule has 28 heavy (non-hydrogen) atoms. The van der Waals surface area contributed by atoms with Crippen molar-refractivity contribution in [3.63, 3.8) is 0 Å². The molecule has 0 spiro atoms. The van der Waals surface area contributed by atoms with Gasteiger partial charge >= 0.3 is 0 Å². The van der Waals surface area contributed by atoms with Crippen molar-refractivity contribution in [2.24, 2.45) is 7.05 Å². The molecule has 0 saturated carbocycles. The van der Waals surface area contributed by atoms with Gasteiger partial charge in [0, 0.05) is 45.8 Å². The van der Waals surface area contributed by atoms with E-state index in [9.17, 15) is 9.59 Å². The Labute approximate surface area is 163 Å². The van der Waals surface area contributed by atoms with Crippen molar-refractivity contribution in [1.82, 2.24) is 19.4 Å². The van der Waals surface area contributed by atoms with Crippen molar-refractivity contribution < 1.29 is 4.79 Å². The van der Waals surface area contributed by atoms with E-state index in [2.05, 4.69) is 9.97 Å². The number of aromatic nitrogens is 3. The van der Waals surface area contributed by atoms with Crippen molar-refractivity contribution >= 4 is 22.9 Å². The molecule has 3 aromatic rings. The highest BCUT2D eigenvalue weighted by molar-refractivity contribution is 5.77. The van der Waals surface area contributed by atoms with Crippen LogP contribution in [0.15, 0.2) is 53.5 Å². The van der Waals surface area contributed by atoms with Gasteiger partial charge in [-0.25, -0.2) is 9.97 Å². The number of pyridine rings is 1. The second kappa shape index (κ2) is 7.80. The highest BCUT2D eigenvalue weighted by Gasteiger charge is 2.24. The van der Waals surface area contributed by atoms with E-state index < -0.39 is 0 Å². The molecular weight excluding hydrogens is 354 g/mol. The highest BCUT2D eigenvalue weighted by atomic mass is 16.2. The monoisotopic (exact) mass is 377 g/mol. The molecule has 3 heterocycles. The largest absolute Gasteiger partial charge is 0.348 e. The number of amides is 1. The summed E-state index contributed by atoms with van der Waals surface area (Å²) >= 11 is 0.